The first-order valence-electron chi connectivity index (χ1n) is 4.25. The maximum absolute atomic E-state index is 11.6. The van der Waals surface area contributed by atoms with Crippen LogP contribution in [0.3, 0.4) is 0 Å². The molecule has 15 heavy (non-hydrogen) atoms. The molecule has 78 valence electrons. The van der Waals surface area contributed by atoms with Crippen LogP contribution in [0.5, 0.6) is 0 Å². The predicted octanol–water partition coefficient (Wildman–Crippen LogP) is 2.04. The van der Waals surface area contributed by atoms with Gasteiger partial charge in [-0.05, 0) is 12.1 Å². The van der Waals surface area contributed by atoms with E-state index in [2.05, 4.69) is 0 Å². The van der Waals surface area contributed by atoms with Crippen molar-refractivity contribution in [3.8, 4) is 0 Å². The minimum absolute atomic E-state index is 0.0366. The largest absolute Gasteiger partial charge is 0.368 e. The van der Waals surface area contributed by atoms with E-state index in [1.165, 1.54) is 0 Å². The fourth-order valence-electron chi connectivity index (χ4n) is 1.39. The van der Waals surface area contributed by atoms with Gasteiger partial charge in [-0.1, -0.05) is 41.4 Å². The van der Waals surface area contributed by atoms with E-state index >= 15 is 0 Å². The third kappa shape index (κ3) is 1.63. The number of hydrogen-bond donors (Lipinski definition) is 1. The Hall–Kier alpha value is -1.03. The van der Waals surface area contributed by atoms with Crippen molar-refractivity contribution in [3.63, 3.8) is 0 Å². The molecule has 1 heterocycles. The summed E-state index contributed by atoms with van der Waals surface area (Å²) in [5.41, 5.74) is 0.559. The third-order valence-corrected chi connectivity index (χ3v) is 2.97. The smallest absolute Gasteiger partial charge is 0.273 e. The summed E-state index contributed by atoms with van der Waals surface area (Å²) in [5.74, 6) is -0.486. The molecule has 0 aliphatic carbocycles. The lowest BCUT2D eigenvalue weighted by atomic mass is 10.3. The number of carbonyl (C=O) groups is 1. The fraction of sp³-hybridized carbons (Fsp3) is 0.100. The maximum atomic E-state index is 11.6. The van der Waals surface area contributed by atoms with Crippen LogP contribution in [-0.2, 0) is 4.79 Å². The van der Waals surface area contributed by atoms with Crippen LogP contribution in [0.4, 0.5) is 5.69 Å². The fourth-order valence-corrected chi connectivity index (χ4v) is 1.76. The van der Waals surface area contributed by atoms with Crippen LogP contribution >= 0.6 is 23.2 Å². The molecule has 0 spiro atoms. The molecular weight excluding hydrogens is 237 g/mol. The average molecular weight is 244 g/mol. The van der Waals surface area contributed by atoms with Gasteiger partial charge in [-0.25, -0.2) is 0 Å². The minimum atomic E-state index is -1.19. The van der Waals surface area contributed by atoms with Gasteiger partial charge in [0, 0.05) is 5.69 Å². The number of aliphatic hydroxyl groups excluding tert-OH is 1. The average Bonchev–Trinajstić information content (AvgIpc) is 2.45. The highest BCUT2D eigenvalue weighted by atomic mass is 35.5. The van der Waals surface area contributed by atoms with Crippen LogP contribution in [0.2, 0.25) is 0 Å². The van der Waals surface area contributed by atoms with Crippen molar-refractivity contribution in [1.29, 1.82) is 0 Å². The Morgan fingerprint density at radius 3 is 2.27 bits per heavy atom. The summed E-state index contributed by atoms with van der Waals surface area (Å²) in [4.78, 5) is 12.8. The van der Waals surface area contributed by atoms with Crippen molar-refractivity contribution in [2.24, 2.45) is 0 Å². The summed E-state index contributed by atoms with van der Waals surface area (Å²) in [6.45, 7) is 0. The van der Waals surface area contributed by atoms with Crippen molar-refractivity contribution in [1.82, 2.24) is 0 Å². The topological polar surface area (TPSA) is 40.5 Å². The zero-order valence-corrected chi connectivity index (χ0v) is 9.03. The molecule has 0 aromatic heterocycles. The van der Waals surface area contributed by atoms with Gasteiger partial charge in [0.25, 0.3) is 5.91 Å². The monoisotopic (exact) mass is 243 g/mol. The van der Waals surface area contributed by atoms with E-state index in [1.54, 1.807) is 24.3 Å². The summed E-state index contributed by atoms with van der Waals surface area (Å²) in [5, 5.41) is 9.51. The molecule has 5 heteroatoms. The molecule has 0 saturated heterocycles. The molecule has 1 aliphatic rings. The standard InChI is InChI=1S/C10H7Cl2NO2/c11-7-8(12)10(15)13(9(7)14)6-4-2-1-3-5-6/h1-5,9,14H. The summed E-state index contributed by atoms with van der Waals surface area (Å²) >= 11 is 11.3. The summed E-state index contributed by atoms with van der Waals surface area (Å²) in [6.07, 6.45) is -1.19. The number of hydrogen-bond acceptors (Lipinski definition) is 2. The number of halogens is 2. The van der Waals surface area contributed by atoms with Gasteiger partial charge in [0.2, 0.25) is 0 Å². The van der Waals surface area contributed by atoms with Gasteiger partial charge in [0.1, 0.15) is 5.03 Å². The van der Waals surface area contributed by atoms with E-state index in [0.717, 1.165) is 4.90 Å². The molecule has 1 aliphatic heterocycles. The zero-order chi connectivity index (χ0) is 11.0. The Morgan fingerprint density at radius 2 is 1.80 bits per heavy atom. The Morgan fingerprint density at radius 1 is 1.20 bits per heavy atom. The summed E-state index contributed by atoms with van der Waals surface area (Å²) < 4.78 is 0. The lowest BCUT2D eigenvalue weighted by Crippen LogP contribution is -2.34. The van der Waals surface area contributed by atoms with Crippen LogP contribution in [-0.4, -0.2) is 17.2 Å². The quantitative estimate of drug-likeness (QED) is 0.821. The minimum Gasteiger partial charge on any atom is -0.368 e. The van der Waals surface area contributed by atoms with E-state index in [0.29, 0.717) is 5.69 Å². The maximum Gasteiger partial charge on any atom is 0.273 e. The Labute approximate surface area is 96.5 Å². The van der Waals surface area contributed by atoms with Gasteiger partial charge < -0.3 is 5.11 Å². The number of anilines is 1. The van der Waals surface area contributed by atoms with Crippen molar-refractivity contribution < 1.29 is 9.90 Å². The molecule has 1 aromatic rings. The molecule has 3 nitrogen and oxygen atoms in total. The second-order valence-electron chi connectivity index (χ2n) is 3.05. The Balaban J connectivity index is 2.39. The van der Waals surface area contributed by atoms with Gasteiger partial charge in [-0.2, -0.15) is 0 Å². The van der Waals surface area contributed by atoms with E-state index < -0.39 is 12.1 Å². The van der Waals surface area contributed by atoms with Crippen LogP contribution in [0.1, 0.15) is 0 Å². The van der Waals surface area contributed by atoms with E-state index in [1.807, 2.05) is 6.07 Å². The van der Waals surface area contributed by atoms with Crippen molar-refractivity contribution >= 4 is 34.8 Å². The second-order valence-corrected chi connectivity index (χ2v) is 3.83. The molecule has 0 saturated carbocycles. The second kappa shape index (κ2) is 3.85. The first-order valence-corrected chi connectivity index (χ1v) is 5.00. The number of carbonyl (C=O) groups excluding carboxylic acids is 1. The van der Waals surface area contributed by atoms with Crippen molar-refractivity contribution in [2.45, 2.75) is 6.23 Å². The van der Waals surface area contributed by atoms with Crippen LogP contribution in [0, 0.1) is 0 Å². The van der Waals surface area contributed by atoms with E-state index in [-0.39, 0.29) is 10.1 Å². The van der Waals surface area contributed by atoms with Gasteiger partial charge >= 0.3 is 0 Å². The zero-order valence-electron chi connectivity index (χ0n) is 7.52. The molecule has 0 bridgehead atoms. The number of aliphatic hydroxyl groups is 1. The van der Waals surface area contributed by atoms with Crippen molar-refractivity contribution in [3.05, 3.63) is 40.4 Å². The van der Waals surface area contributed by atoms with Crippen LogP contribution in [0.15, 0.2) is 40.4 Å². The first-order chi connectivity index (χ1) is 7.13. The molecule has 1 atom stereocenters. The van der Waals surface area contributed by atoms with Crippen molar-refractivity contribution in [2.75, 3.05) is 4.90 Å². The molecule has 1 N–H and O–H groups in total. The number of benzene rings is 1. The lowest BCUT2D eigenvalue weighted by molar-refractivity contribution is -0.115. The van der Waals surface area contributed by atoms with Gasteiger partial charge in [0.05, 0.1) is 5.03 Å². The Kier molecular flexibility index (Phi) is 2.69. The highest BCUT2D eigenvalue weighted by Gasteiger charge is 2.37. The van der Waals surface area contributed by atoms with Crippen LogP contribution in [0.25, 0.3) is 0 Å². The summed E-state index contributed by atoms with van der Waals surface area (Å²) in [6, 6.07) is 8.72. The van der Waals surface area contributed by atoms with Crippen LogP contribution < -0.4 is 4.90 Å². The molecule has 0 radical (unpaired) electrons. The third-order valence-electron chi connectivity index (χ3n) is 2.12. The number of nitrogens with zero attached hydrogens (tertiary/aromatic N) is 1. The number of para-hydroxylation sites is 1. The SMILES string of the molecule is O=C1C(Cl)=C(Cl)C(O)N1c1ccccc1. The Bertz CT molecular complexity index is 430. The highest BCUT2D eigenvalue weighted by Crippen LogP contribution is 2.33. The lowest BCUT2D eigenvalue weighted by Gasteiger charge is -2.20. The molecule has 1 amide bonds. The first kappa shape index (κ1) is 10.5. The highest BCUT2D eigenvalue weighted by molar-refractivity contribution is 6.51. The van der Waals surface area contributed by atoms with E-state index in [4.69, 9.17) is 23.2 Å². The molecular formula is C10H7Cl2NO2. The molecule has 2 rings (SSSR count). The molecule has 0 fully saturated rings. The normalized spacial score (nSPS) is 21.4. The number of amides is 1. The predicted molar refractivity (Wildman–Crippen MR) is 58.7 cm³/mol. The van der Waals surface area contributed by atoms with E-state index in [9.17, 15) is 9.90 Å². The molecule has 1 unspecified atom stereocenters. The van der Waals surface area contributed by atoms with Gasteiger partial charge in [-0.15, -0.1) is 0 Å². The van der Waals surface area contributed by atoms with Gasteiger partial charge in [0.15, 0.2) is 6.23 Å². The van der Waals surface area contributed by atoms with Gasteiger partial charge in [-0.3, -0.25) is 9.69 Å². The summed E-state index contributed by atoms with van der Waals surface area (Å²) in [7, 11) is 0. The number of rotatable bonds is 1. The molecule has 1 aromatic carbocycles.